The predicted molar refractivity (Wildman–Crippen MR) is 96.1 cm³/mol. The first kappa shape index (κ1) is 16.5. The molecular weight excluding hydrogens is 324 g/mol. The summed E-state index contributed by atoms with van der Waals surface area (Å²) in [5.41, 5.74) is 4.02. The summed E-state index contributed by atoms with van der Waals surface area (Å²) < 4.78 is 25.3. The van der Waals surface area contributed by atoms with Crippen LogP contribution in [0.1, 0.15) is 27.9 Å². The number of carbonyl (C=O) groups excluding carboxylic acids is 1. The Morgan fingerprint density at radius 3 is 2.38 bits per heavy atom. The number of nitrogens with zero attached hydrogens (tertiary/aromatic N) is 1. The van der Waals surface area contributed by atoms with Gasteiger partial charge in [0.25, 0.3) is 5.91 Å². The van der Waals surface area contributed by atoms with Crippen molar-refractivity contribution >= 4 is 27.3 Å². The summed E-state index contributed by atoms with van der Waals surface area (Å²) in [6.07, 6.45) is 0.636. The number of hydrogen-bond acceptors (Lipinski definition) is 3. The number of carbonyl (C=O) groups is 1. The van der Waals surface area contributed by atoms with E-state index in [9.17, 15) is 13.2 Å². The Labute approximate surface area is 142 Å². The van der Waals surface area contributed by atoms with Crippen molar-refractivity contribution in [1.82, 2.24) is 0 Å². The number of sulfonamides is 1. The molecule has 6 heteroatoms. The van der Waals surface area contributed by atoms with Gasteiger partial charge in [-0.1, -0.05) is 17.7 Å². The number of nitrogens with one attached hydrogen (secondary N) is 1. The molecule has 3 rings (SSSR count). The van der Waals surface area contributed by atoms with Crippen molar-refractivity contribution in [1.29, 1.82) is 0 Å². The highest BCUT2D eigenvalue weighted by atomic mass is 32.2. The van der Waals surface area contributed by atoms with Gasteiger partial charge < -0.3 is 5.32 Å². The second-order valence-corrected chi connectivity index (χ2v) is 8.07. The zero-order chi connectivity index (χ0) is 17.3. The zero-order valence-electron chi connectivity index (χ0n) is 13.7. The van der Waals surface area contributed by atoms with Crippen molar-refractivity contribution in [3.63, 3.8) is 0 Å². The molecule has 1 fully saturated rings. The van der Waals surface area contributed by atoms with Crippen LogP contribution >= 0.6 is 0 Å². The van der Waals surface area contributed by atoms with Crippen LogP contribution in [0.5, 0.6) is 0 Å². The number of rotatable bonds is 3. The molecular formula is C18H20N2O3S. The molecule has 5 nitrogen and oxygen atoms in total. The molecule has 0 radical (unpaired) electrons. The lowest BCUT2D eigenvalue weighted by molar-refractivity contribution is 0.102. The first-order chi connectivity index (χ1) is 11.4. The van der Waals surface area contributed by atoms with Crippen LogP contribution in [0, 0.1) is 13.8 Å². The molecule has 1 aliphatic rings. The predicted octanol–water partition coefficient (Wildman–Crippen LogP) is 3.10. The van der Waals surface area contributed by atoms with E-state index in [1.54, 1.807) is 24.3 Å². The van der Waals surface area contributed by atoms with Crippen LogP contribution in [0.4, 0.5) is 11.4 Å². The Balaban J connectivity index is 1.77. The number of hydrogen-bond donors (Lipinski definition) is 1. The minimum atomic E-state index is -3.20. The smallest absolute Gasteiger partial charge is 0.255 e. The van der Waals surface area contributed by atoms with E-state index in [1.807, 2.05) is 32.0 Å². The largest absolute Gasteiger partial charge is 0.322 e. The molecule has 1 saturated heterocycles. The summed E-state index contributed by atoms with van der Waals surface area (Å²) in [5, 5.41) is 2.89. The van der Waals surface area contributed by atoms with Crippen LogP contribution in [-0.2, 0) is 10.0 Å². The third-order valence-corrected chi connectivity index (χ3v) is 6.02. The maximum absolute atomic E-state index is 12.4. The Morgan fingerprint density at radius 2 is 1.79 bits per heavy atom. The molecule has 0 aliphatic carbocycles. The highest BCUT2D eigenvalue weighted by Crippen LogP contribution is 2.24. The zero-order valence-corrected chi connectivity index (χ0v) is 14.6. The van der Waals surface area contributed by atoms with Gasteiger partial charge in [-0.05, 0) is 56.2 Å². The summed E-state index contributed by atoms with van der Waals surface area (Å²) in [5.74, 6) is -0.0279. The standard InChI is InChI=1S/C18H20N2O3S/c1-13-4-9-17(14(2)12-13)19-18(21)15-5-7-16(8-6-15)20-10-3-11-24(20,22)23/h4-9,12H,3,10-11H2,1-2H3,(H,19,21). The third kappa shape index (κ3) is 3.28. The first-order valence-electron chi connectivity index (χ1n) is 7.86. The van der Waals surface area contributed by atoms with Crippen molar-refractivity contribution < 1.29 is 13.2 Å². The molecule has 0 saturated carbocycles. The summed E-state index contributed by atoms with van der Waals surface area (Å²) in [6.45, 7) is 4.45. The minimum Gasteiger partial charge on any atom is -0.322 e. The molecule has 0 spiro atoms. The summed E-state index contributed by atoms with van der Waals surface area (Å²) in [7, 11) is -3.20. The van der Waals surface area contributed by atoms with Gasteiger partial charge in [0.2, 0.25) is 10.0 Å². The van der Waals surface area contributed by atoms with E-state index in [1.165, 1.54) is 4.31 Å². The van der Waals surface area contributed by atoms with Gasteiger partial charge in [0, 0.05) is 17.8 Å². The number of aryl methyl sites for hydroxylation is 2. The van der Waals surface area contributed by atoms with E-state index < -0.39 is 10.0 Å². The Kier molecular flexibility index (Phi) is 4.32. The molecule has 0 atom stereocenters. The van der Waals surface area contributed by atoms with Gasteiger partial charge in [0.1, 0.15) is 0 Å². The lowest BCUT2D eigenvalue weighted by atomic mass is 10.1. The molecule has 1 heterocycles. The molecule has 0 unspecified atom stereocenters. The molecule has 1 aliphatic heterocycles. The Morgan fingerprint density at radius 1 is 1.08 bits per heavy atom. The van der Waals surface area contributed by atoms with Crippen LogP contribution in [-0.4, -0.2) is 26.6 Å². The summed E-state index contributed by atoms with van der Waals surface area (Å²) >= 11 is 0. The first-order valence-corrected chi connectivity index (χ1v) is 9.47. The fourth-order valence-corrected chi connectivity index (χ4v) is 4.42. The van der Waals surface area contributed by atoms with Crippen molar-refractivity contribution in [2.45, 2.75) is 20.3 Å². The van der Waals surface area contributed by atoms with Gasteiger partial charge in [-0.25, -0.2) is 8.42 Å². The topological polar surface area (TPSA) is 66.5 Å². The molecule has 24 heavy (non-hydrogen) atoms. The van der Waals surface area contributed by atoms with E-state index >= 15 is 0 Å². The molecule has 0 aromatic heterocycles. The quantitative estimate of drug-likeness (QED) is 0.930. The highest BCUT2D eigenvalue weighted by molar-refractivity contribution is 7.93. The number of benzene rings is 2. The average molecular weight is 344 g/mol. The van der Waals surface area contributed by atoms with Crippen LogP contribution in [0.15, 0.2) is 42.5 Å². The van der Waals surface area contributed by atoms with Gasteiger partial charge in [-0.3, -0.25) is 9.10 Å². The van der Waals surface area contributed by atoms with Gasteiger partial charge >= 0.3 is 0 Å². The second-order valence-electron chi connectivity index (χ2n) is 6.06. The van der Waals surface area contributed by atoms with E-state index in [4.69, 9.17) is 0 Å². The fourth-order valence-electron chi connectivity index (χ4n) is 2.86. The van der Waals surface area contributed by atoms with E-state index in [0.717, 1.165) is 16.8 Å². The minimum absolute atomic E-state index is 0.182. The second kappa shape index (κ2) is 6.28. The van der Waals surface area contributed by atoms with Crippen molar-refractivity contribution in [3.05, 3.63) is 59.2 Å². The SMILES string of the molecule is Cc1ccc(NC(=O)c2ccc(N3CCCS3(=O)=O)cc2)c(C)c1. The van der Waals surface area contributed by atoms with Crippen LogP contribution in [0.3, 0.4) is 0 Å². The van der Waals surface area contributed by atoms with Gasteiger partial charge in [-0.15, -0.1) is 0 Å². The molecule has 0 bridgehead atoms. The van der Waals surface area contributed by atoms with Crippen LogP contribution in [0.25, 0.3) is 0 Å². The van der Waals surface area contributed by atoms with Crippen molar-refractivity contribution in [2.24, 2.45) is 0 Å². The van der Waals surface area contributed by atoms with Crippen LogP contribution in [0.2, 0.25) is 0 Å². The van der Waals surface area contributed by atoms with Crippen molar-refractivity contribution in [2.75, 3.05) is 21.9 Å². The Bertz CT molecular complexity index is 874. The van der Waals surface area contributed by atoms with Gasteiger partial charge in [0.05, 0.1) is 11.4 Å². The van der Waals surface area contributed by atoms with E-state index in [0.29, 0.717) is 24.2 Å². The highest BCUT2D eigenvalue weighted by Gasteiger charge is 2.28. The number of anilines is 2. The molecule has 1 N–H and O–H groups in total. The summed E-state index contributed by atoms with van der Waals surface area (Å²) in [4.78, 5) is 12.4. The number of amides is 1. The Hall–Kier alpha value is -2.34. The van der Waals surface area contributed by atoms with Gasteiger partial charge in [0.15, 0.2) is 0 Å². The molecule has 126 valence electrons. The lowest BCUT2D eigenvalue weighted by Crippen LogP contribution is -2.25. The van der Waals surface area contributed by atoms with Crippen molar-refractivity contribution in [3.8, 4) is 0 Å². The maximum atomic E-state index is 12.4. The molecule has 2 aromatic rings. The maximum Gasteiger partial charge on any atom is 0.255 e. The molecule has 1 amide bonds. The lowest BCUT2D eigenvalue weighted by Gasteiger charge is -2.17. The molecule has 2 aromatic carbocycles. The third-order valence-electron chi connectivity index (χ3n) is 4.15. The van der Waals surface area contributed by atoms with E-state index in [2.05, 4.69) is 5.32 Å². The van der Waals surface area contributed by atoms with Gasteiger partial charge in [-0.2, -0.15) is 0 Å². The normalized spacial score (nSPS) is 16.2. The summed E-state index contributed by atoms with van der Waals surface area (Å²) in [6, 6.07) is 12.5. The van der Waals surface area contributed by atoms with E-state index in [-0.39, 0.29) is 11.7 Å². The fraction of sp³-hybridized carbons (Fsp3) is 0.278. The monoisotopic (exact) mass is 344 g/mol. The average Bonchev–Trinajstić information content (AvgIpc) is 2.89. The van der Waals surface area contributed by atoms with Crippen LogP contribution < -0.4 is 9.62 Å².